The number of carboxylic acid groups (broad SMARTS) is 1. The summed E-state index contributed by atoms with van der Waals surface area (Å²) in [7, 11) is 0. The molecule has 0 unspecified atom stereocenters. The van der Waals surface area contributed by atoms with E-state index in [1.54, 1.807) is 12.4 Å². The van der Waals surface area contributed by atoms with Crippen molar-refractivity contribution in [1.82, 2.24) is 9.88 Å². The second kappa shape index (κ2) is 8.81. The molecule has 2 aliphatic carbocycles. The van der Waals surface area contributed by atoms with Gasteiger partial charge in [0.1, 0.15) is 0 Å². The Morgan fingerprint density at radius 3 is 2.42 bits per heavy atom. The van der Waals surface area contributed by atoms with Crippen LogP contribution in [0.4, 0.5) is 0 Å². The van der Waals surface area contributed by atoms with Gasteiger partial charge in [0.2, 0.25) is 5.91 Å². The molecule has 1 amide bonds. The normalized spacial score (nSPS) is 15.3. The molecule has 0 saturated heterocycles. The van der Waals surface area contributed by atoms with Crippen molar-refractivity contribution in [2.45, 2.75) is 51.6 Å². The second-order valence-electron chi connectivity index (χ2n) is 9.38. The van der Waals surface area contributed by atoms with Gasteiger partial charge in [0.25, 0.3) is 0 Å². The summed E-state index contributed by atoms with van der Waals surface area (Å²) < 4.78 is 0. The van der Waals surface area contributed by atoms with Crippen LogP contribution < -0.4 is 0 Å². The van der Waals surface area contributed by atoms with Crippen molar-refractivity contribution < 1.29 is 14.7 Å². The van der Waals surface area contributed by atoms with Gasteiger partial charge in [0.05, 0.1) is 6.42 Å². The maximum absolute atomic E-state index is 13.4. The lowest BCUT2D eigenvalue weighted by atomic mass is 9.96. The summed E-state index contributed by atoms with van der Waals surface area (Å²) in [5.74, 6) is -0.458. The molecule has 3 aromatic rings. The zero-order valence-electron chi connectivity index (χ0n) is 18.8. The molecule has 1 heterocycles. The minimum Gasteiger partial charge on any atom is -0.481 e. The fourth-order valence-electron chi connectivity index (χ4n) is 4.93. The third-order valence-corrected chi connectivity index (χ3v) is 6.74. The molecule has 0 spiro atoms. The van der Waals surface area contributed by atoms with E-state index in [-0.39, 0.29) is 24.3 Å². The molecule has 1 N–H and O–H groups in total. The van der Waals surface area contributed by atoms with E-state index in [1.165, 1.54) is 11.1 Å². The molecule has 0 radical (unpaired) electrons. The summed E-state index contributed by atoms with van der Waals surface area (Å²) >= 11 is 0. The van der Waals surface area contributed by atoms with Gasteiger partial charge < -0.3 is 10.0 Å². The first kappa shape index (κ1) is 21.4. The van der Waals surface area contributed by atoms with Gasteiger partial charge >= 0.3 is 5.97 Å². The van der Waals surface area contributed by atoms with Gasteiger partial charge in [-0.05, 0) is 66.5 Å². The van der Waals surface area contributed by atoms with Gasteiger partial charge in [-0.15, -0.1) is 0 Å². The zero-order valence-corrected chi connectivity index (χ0v) is 18.8. The highest BCUT2D eigenvalue weighted by molar-refractivity contribution is 5.82. The number of aromatic nitrogens is 1. The van der Waals surface area contributed by atoms with Crippen LogP contribution in [0, 0.1) is 12.8 Å². The Labute approximate surface area is 194 Å². The predicted octanol–water partition coefficient (Wildman–Crippen LogP) is 4.59. The fourth-order valence-corrected chi connectivity index (χ4v) is 4.93. The van der Waals surface area contributed by atoms with Gasteiger partial charge in [-0.1, -0.05) is 48.0 Å². The maximum atomic E-state index is 13.4. The standard InChI is InChI=1S/C28H28N2O3/c1-18-6-9-26(23-11-19(12-27(31)32)15-29-16-23)24(10-18)17-30(28(33)20-7-8-20)25-13-21-4-2-3-5-22(21)14-25/h2-6,9-11,15-16,20,25H,7-8,12-14,17H2,1H3,(H,31,32). The molecule has 2 aromatic carbocycles. The minimum absolute atomic E-state index is 0.0609. The summed E-state index contributed by atoms with van der Waals surface area (Å²) in [6.45, 7) is 2.61. The Bertz CT molecular complexity index is 1190. The maximum Gasteiger partial charge on any atom is 0.307 e. The number of carbonyl (C=O) groups is 2. The highest BCUT2D eigenvalue weighted by atomic mass is 16.4. The van der Waals surface area contributed by atoms with Crippen LogP contribution in [-0.2, 0) is 35.4 Å². The Morgan fingerprint density at radius 2 is 1.76 bits per heavy atom. The number of carboxylic acids is 1. The van der Waals surface area contributed by atoms with E-state index >= 15 is 0 Å². The molecule has 1 fully saturated rings. The quantitative estimate of drug-likeness (QED) is 0.583. The molecule has 1 aromatic heterocycles. The predicted molar refractivity (Wildman–Crippen MR) is 127 cm³/mol. The topological polar surface area (TPSA) is 70.5 Å². The van der Waals surface area contributed by atoms with Gasteiger partial charge in [0, 0.05) is 36.5 Å². The SMILES string of the molecule is Cc1ccc(-c2cncc(CC(=O)O)c2)c(CN(C(=O)C2CC2)C2Cc3ccccc3C2)c1. The molecular formula is C28H28N2O3. The molecule has 0 bridgehead atoms. The van der Waals surface area contributed by atoms with E-state index in [2.05, 4.69) is 59.3 Å². The zero-order chi connectivity index (χ0) is 22.9. The van der Waals surface area contributed by atoms with Crippen molar-refractivity contribution in [3.05, 3.63) is 88.7 Å². The molecule has 5 heteroatoms. The van der Waals surface area contributed by atoms with Crippen molar-refractivity contribution in [1.29, 1.82) is 0 Å². The van der Waals surface area contributed by atoms with E-state index in [1.807, 2.05) is 6.07 Å². The molecule has 2 aliphatic rings. The average molecular weight is 441 g/mol. The Kier molecular flexibility index (Phi) is 5.71. The third kappa shape index (κ3) is 4.68. The van der Waals surface area contributed by atoms with Crippen LogP contribution in [0.25, 0.3) is 11.1 Å². The number of hydrogen-bond acceptors (Lipinski definition) is 3. The molecule has 0 aliphatic heterocycles. The summed E-state index contributed by atoms with van der Waals surface area (Å²) in [4.78, 5) is 31.0. The van der Waals surface area contributed by atoms with Crippen molar-refractivity contribution >= 4 is 11.9 Å². The molecule has 1 saturated carbocycles. The van der Waals surface area contributed by atoms with E-state index in [9.17, 15) is 14.7 Å². The van der Waals surface area contributed by atoms with Crippen LogP contribution in [0.15, 0.2) is 60.9 Å². The highest BCUT2D eigenvalue weighted by Crippen LogP contribution is 2.36. The summed E-state index contributed by atoms with van der Waals surface area (Å²) in [5, 5.41) is 9.18. The summed E-state index contributed by atoms with van der Waals surface area (Å²) in [5.41, 5.74) is 7.45. The van der Waals surface area contributed by atoms with Crippen molar-refractivity contribution in [2.24, 2.45) is 5.92 Å². The molecule has 0 atom stereocenters. The fraction of sp³-hybridized carbons (Fsp3) is 0.321. The minimum atomic E-state index is -0.875. The smallest absolute Gasteiger partial charge is 0.307 e. The first-order valence-electron chi connectivity index (χ1n) is 11.6. The Balaban J connectivity index is 1.48. The highest BCUT2D eigenvalue weighted by Gasteiger charge is 2.38. The van der Waals surface area contributed by atoms with Crippen LogP contribution in [0.3, 0.4) is 0 Å². The number of aliphatic carboxylic acids is 1. The van der Waals surface area contributed by atoms with Crippen LogP contribution in [0.1, 0.15) is 40.7 Å². The number of fused-ring (bicyclic) bond motifs is 1. The number of amides is 1. The van der Waals surface area contributed by atoms with Gasteiger partial charge in [-0.3, -0.25) is 14.6 Å². The third-order valence-electron chi connectivity index (χ3n) is 6.74. The van der Waals surface area contributed by atoms with Crippen molar-refractivity contribution in [3.63, 3.8) is 0 Å². The van der Waals surface area contributed by atoms with E-state index in [0.29, 0.717) is 12.1 Å². The first-order chi connectivity index (χ1) is 16.0. The van der Waals surface area contributed by atoms with Crippen LogP contribution >= 0.6 is 0 Å². The monoisotopic (exact) mass is 440 g/mol. The number of aryl methyl sites for hydroxylation is 1. The van der Waals surface area contributed by atoms with Crippen molar-refractivity contribution in [2.75, 3.05) is 0 Å². The van der Waals surface area contributed by atoms with E-state index in [4.69, 9.17) is 0 Å². The molecule has 33 heavy (non-hydrogen) atoms. The van der Waals surface area contributed by atoms with Crippen LogP contribution in [0.5, 0.6) is 0 Å². The lowest BCUT2D eigenvalue weighted by Gasteiger charge is -2.30. The number of carbonyl (C=O) groups excluding carboxylic acids is 1. The second-order valence-corrected chi connectivity index (χ2v) is 9.38. The van der Waals surface area contributed by atoms with Gasteiger partial charge in [-0.2, -0.15) is 0 Å². The first-order valence-corrected chi connectivity index (χ1v) is 11.6. The van der Waals surface area contributed by atoms with Gasteiger partial charge in [0.15, 0.2) is 0 Å². The Morgan fingerprint density at radius 1 is 1.03 bits per heavy atom. The van der Waals surface area contributed by atoms with Gasteiger partial charge in [-0.25, -0.2) is 0 Å². The number of nitrogens with zero attached hydrogens (tertiary/aromatic N) is 2. The summed E-state index contributed by atoms with van der Waals surface area (Å²) in [6, 6.07) is 16.8. The number of rotatable bonds is 7. The number of hydrogen-bond donors (Lipinski definition) is 1. The van der Waals surface area contributed by atoms with Crippen molar-refractivity contribution in [3.8, 4) is 11.1 Å². The molecule has 5 nitrogen and oxygen atoms in total. The molecule has 168 valence electrons. The lowest BCUT2D eigenvalue weighted by Crippen LogP contribution is -2.41. The molecule has 5 rings (SSSR count). The molecular weight excluding hydrogens is 412 g/mol. The van der Waals surface area contributed by atoms with E-state index in [0.717, 1.165) is 47.9 Å². The van der Waals surface area contributed by atoms with Crippen LogP contribution in [0.2, 0.25) is 0 Å². The van der Waals surface area contributed by atoms with Crippen LogP contribution in [-0.4, -0.2) is 32.9 Å². The number of pyridine rings is 1. The largest absolute Gasteiger partial charge is 0.481 e. The number of benzene rings is 2. The Hall–Kier alpha value is -3.47. The average Bonchev–Trinajstić information content (AvgIpc) is 3.55. The van der Waals surface area contributed by atoms with E-state index < -0.39 is 5.97 Å². The lowest BCUT2D eigenvalue weighted by molar-refractivity contribution is -0.136. The summed E-state index contributed by atoms with van der Waals surface area (Å²) in [6.07, 6.45) is 7.07.